The van der Waals surface area contributed by atoms with Crippen molar-refractivity contribution in [1.82, 2.24) is 9.62 Å². The third kappa shape index (κ3) is 4.94. The van der Waals surface area contributed by atoms with Gasteiger partial charge in [-0.3, -0.25) is 0 Å². The second kappa shape index (κ2) is 7.34. The summed E-state index contributed by atoms with van der Waals surface area (Å²) in [5.74, 6) is 0.903. The van der Waals surface area contributed by atoms with Crippen LogP contribution in [0.4, 0.5) is 0 Å². The zero-order valence-electron chi connectivity index (χ0n) is 11.1. The minimum atomic E-state index is -2.99. The number of rotatable bonds is 8. The lowest BCUT2D eigenvalue weighted by Crippen LogP contribution is -2.31. The van der Waals surface area contributed by atoms with Gasteiger partial charge in [-0.2, -0.15) is 0 Å². The van der Waals surface area contributed by atoms with Gasteiger partial charge in [-0.1, -0.05) is 13.3 Å². The van der Waals surface area contributed by atoms with Crippen molar-refractivity contribution in [2.24, 2.45) is 5.92 Å². The van der Waals surface area contributed by atoms with Crippen LogP contribution in [0.25, 0.3) is 0 Å². The highest BCUT2D eigenvalue weighted by Gasteiger charge is 2.30. The predicted molar refractivity (Wildman–Crippen MR) is 71.5 cm³/mol. The first-order chi connectivity index (χ1) is 8.10. The van der Waals surface area contributed by atoms with Gasteiger partial charge in [0.2, 0.25) is 10.0 Å². The van der Waals surface area contributed by atoms with Crippen LogP contribution in [-0.4, -0.2) is 45.2 Å². The smallest absolute Gasteiger partial charge is 0.214 e. The van der Waals surface area contributed by atoms with E-state index in [1.165, 1.54) is 0 Å². The van der Waals surface area contributed by atoms with E-state index in [9.17, 15) is 8.42 Å². The van der Waals surface area contributed by atoms with Crippen molar-refractivity contribution in [3.05, 3.63) is 0 Å². The van der Waals surface area contributed by atoms with E-state index in [1.807, 2.05) is 7.05 Å². The first-order valence-electron chi connectivity index (χ1n) is 6.72. The van der Waals surface area contributed by atoms with E-state index < -0.39 is 10.0 Å². The maximum absolute atomic E-state index is 12.1. The van der Waals surface area contributed by atoms with Crippen LogP contribution in [0.1, 0.15) is 39.0 Å². The van der Waals surface area contributed by atoms with Crippen molar-refractivity contribution in [3.63, 3.8) is 0 Å². The Balaban J connectivity index is 2.33. The van der Waals surface area contributed by atoms with Gasteiger partial charge in [-0.05, 0) is 45.2 Å². The van der Waals surface area contributed by atoms with Gasteiger partial charge in [0.15, 0.2) is 0 Å². The molecule has 0 amide bonds. The Hall–Kier alpha value is -0.130. The summed E-state index contributed by atoms with van der Waals surface area (Å²) in [5.41, 5.74) is 0. The quantitative estimate of drug-likeness (QED) is 0.673. The number of unbranched alkanes of at least 4 members (excludes halogenated alkanes) is 1. The second-order valence-electron chi connectivity index (χ2n) is 4.93. The number of hydrogen-bond donors (Lipinski definition) is 1. The molecule has 0 radical (unpaired) electrons. The van der Waals surface area contributed by atoms with E-state index in [2.05, 4.69) is 12.2 Å². The average molecular weight is 262 g/mol. The van der Waals surface area contributed by atoms with E-state index in [0.29, 0.717) is 11.7 Å². The molecule has 1 heterocycles. The molecule has 0 aromatic rings. The Kier molecular flexibility index (Phi) is 6.44. The van der Waals surface area contributed by atoms with Crippen LogP contribution in [0.5, 0.6) is 0 Å². The Bertz CT molecular complexity index is 304. The molecule has 0 aliphatic carbocycles. The molecule has 4 nitrogen and oxygen atoms in total. The molecule has 0 bridgehead atoms. The molecule has 0 spiro atoms. The van der Waals surface area contributed by atoms with E-state index in [4.69, 9.17) is 0 Å². The molecule has 1 N–H and O–H groups in total. The van der Waals surface area contributed by atoms with Gasteiger partial charge >= 0.3 is 0 Å². The molecule has 1 rings (SSSR count). The van der Waals surface area contributed by atoms with Crippen LogP contribution in [0, 0.1) is 5.92 Å². The summed E-state index contributed by atoms with van der Waals surface area (Å²) in [4.78, 5) is 0. The SMILES string of the molecule is CCCC1CCN(S(=O)(=O)CCCCNC)C1. The molecular weight excluding hydrogens is 236 g/mol. The van der Waals surface area contributed by atoms with Crippen LogP contribution in [0.2, 0.25) is 0 Å². The van der Waals surface area contributed by atoms with Crippen molar-refractivity contribution >= 4 is 10.0 Å². The van der Waals surface area contributed by atoms with Gasteiger partial charge < -0.3 is 5.32 Å². The van der Waals surface area contributed by atoms with Gasteiger partial charge in [0.25, 0.3) is 0 Å². The van der Waals surface area contributed by atoms with Crippen LogP contribution < -0.4 is 5.32 Å². The summed E-state index contributed by atoms with van der Waals surface area (Å²) in [7, 11) is -1.09. The molecule has 1 fully saturated rings. The third-order valence-corrected chi connectivity index (χ3v) is 5.34. The van der Waals surface area contributed by atoms with Crippen LogP contribution >= 0.6 is 0 Å². The largest absolute Gasteiger partial charge is 0.320 e. The Morgan fingerprint density at radius 1 is 1.35 bits per heavy atom. The van der Waals surface area contributed by atoms with E-state index in [0.717, 1.165) is 51.7 Å². The zero-order chi connectivity index (χ0) is 12.7. The molecule has 102 valence electrons. The zero-order valence-corrected chi connectivity index (χ0v) is 11.9. The predicted octanol–water partition coefficient (Wildman–Crippen LogP) is 1.44. The second-order valence-corrected chi connectivity index (χ2v) is 7.02. The fourth-order valence-corrected chi connectivity index (χ4v) is 4.06. The number of sulfonamides is 1. The number of hydrogen-bond acceptors (Lipinski definition) is 3. The Morgan fingerprint density at radius 2 is 2.12 bits per heavy atom. The lowest BCUT2D eigenvalue weighted by atomic mass is 10.0. The first kappa shape index (κ1) is 14.9. The van der Waals surface area contributed by atoms with Crippen molar-refractivity contribution in [3.8, 4) is 0 Å². The van der Waals surface area contributed by atoms with Crippen molar-refractivity contribution in [1.29, 1.82) is 0 Å². The molecule has 0 saturated carbocycles. The lowest BCUT2D eigenvalue weighted by Gasteiger charge is -2.16. The summed E-state index contributed by atoms with van der Waals surface area (Å²) in [6, 6.07) is 0. The van der Waals surface area contributed by atoms with Gasteiger partial charge in [-0.15, -0.1) is 0 Å². The van der Waals surface area contributed by atoms with E-state index >= 15 is 0 Å². The standard InChI is InChI=1S/C12H26N2O2S/c1-3-6-12-7-9-14(11-12)17(15,16)10-5-4-8-13-2/h12-13H,3-11H2,1-2H3. The van der Waals surface area contributed by atoms with Crippen LogP contribution in [-0.2, 0) is 10.0 Å². The summed E-state index contributed by atoms with van der Waals surface area (Å²) in [5, 5.41) is 3.04. The molecule has 1 saturated heterocycles. The van der Waals surface area contributed by atoms with E-state index in [-0.39, 0.29) is 0 Å². The van der Waals surface area contributed by atoms with Gasteiger partial charge in [0.1, 0.15) is 0 Å². The monoisotopic (exact) mass is 262 g/mol. The highest BCUT2D eigenvalue weighted by atomic mass is 32.2. The fourth-order valence-electron chi connectivity index (χ4n) is 2.41. The minimum Gasteiger partial charge on any atom is -0.320 e. The normalized spacial score (nSPS) is 22.1. The average Bonchev–Trinajstić information content (AvgIpc) is 2.74. The molecule has 0 aromatic heterocycles. The maximum atomic E-state index is 12.1. The minimum absolute atomic E-state index is 0.313. The molecular formula is C12H26N2O2S. The summed E-state index contributed by atoms with van der Waals surface area (Å²) >= 11 is 0. The van der Waals surface area contributed by atoms with Crippen LogP contribution in [0.3, 0.4) is 0 Å². The van der Waals surface area contributed by atoms with E-state index in [1.54, 1.807) is 4.31 Å². The van der Waals surface area contributed by atoms with Gasteiger partial charge in [0, 0.05) is 13.1 Å². The topological polar surface area (TPSA) is 49.4 Å². The fraction of sp³-hybridized carbons (Fsp3) is 1.00. The van der Waals surface area contributed by atoms with Crippen molar-refractivity contribution in [2.45, 2.75) is 39.0 Å². The molecule has 17 heavy (non-hydrogen) atoms. The summed E-state index contributed by atoms with van der Waals surface area (Å²) in [6.45, 7) is 4.55. The van der Waals surface area contributed by atoms with Crippen LogP contribution in [0.15, 0.2) is 0 Å². The highest BCUT2D eigenvalue weighted by molar-refractivity contribution is 7.89. The third-order valence-electron chi connectivity index (χ3n) is 3.42. The number of nitrogens with one attached hydrogen (secondary N) is 1. The lowest BCUT2D eigenvalue weighted by molar-refractivity contribution is 0.443. The maximum Gasteiger partial charge on any atom is 0.214 e. The summed E-state index contributed by atoms with van der Waals surface area (Å²) < 4.78 is 25.8. The number of nitrogens with zero attached hydrogens (tertiary/aromatic N) is 1. The molecule has 1 unspecified atom stereocenters. The first-order valence-corrected chi connectivity index (χ1v) is 8.33. The van der Waals surface area contributed by atoms with Crippen molar-refractivity contribution in [2.75, 3.05) is 32.4 Å². The summed E-state index contributed by atoms with van der Waals surface area (Å²) in [6.07, 6.45) is 5.05. The Labute approximate surface area is 106 Å². The molecule has 0 aromatic carbocycles. The van der Waals surface area contributed by atoms with Gasteiger partial charge in [-0.25, -0.2) is 12.7 Å². The molecule has 1 aliphatic rings. The Morgan fingerprint density at radius 3 is 2.76 bits per heavy atom. The van der Waals surface area contributed by atoms with Crippen molar-refractivity contribution < 1.29 is 8.42 Å². The molecule has 1 atom stereocenters. The van der Waals surface area contributed by atoms with Gasteiger partial charge in [0.05, 0.1) is 5.75 Å². The molecule has 1 aliphatic heterocycles. The molecule has 5 heteroatoms. The highest BCUT2D eigenvalue weighted by Crippen LogP contribution is 2.23.